The van der Waals surface area contributed by atoms with Crippen LogP contribution >= 0.6 is 0 Å². The monoisotopic (exact) mass is 579 g/mol. The molecule has 8 nitrogen and oxygen atoms in total. The van der Waals surface area contributed by atoms with Crippen molar-refractivity contribution < 1.29 is 14.3 Å². The van der Waals surface area contributed by atoms with Gasteiger partial charge in [-0.3, -0.25) is 4.79 Å². The van der Waals surface area contributed by atoms with Crippen molar-refractivity contribution in [3.05, 3.63) is 95.2 Å². The molecule has 0 spiro atoms. The average molecular weight is 580 g/mol. The molecule has 5 rings (SSSR count). The Balaban J connectivity index is 1.38. The lowest BCUT2D eigenvalue weighted by atomic mass is 9.89. The molecule has 224 valence electrons. The van der Waals surface area contributed by atoms with Crippen molar-refractivity contribution in [1.82, 2.24) is 14.9 Å². The van der Waals surface area contributed by atoms with Gasteiger partial charge in [-0.1, -0.05) is 49.4 Å². The number of anilines is 3. The van der Waals surface area contributed by atoms with Gasteiger partial charge in [0, 0.05) is 17.6 Å². The van der Waals surface area contributed by atoms with Gasteiger partial charge in [-0.05, 0) is 107 Å². The van der Waals surface area contributed by atoms with Crippen molar-refractivity contribution in [2.75, 3.05) is 36.9 Å². The Morgan fingerprint density at radius 2 is 1.63 bits per heavy atom. The van der Waals surface area contributed by atoms with Crippen LogP contribution in [0.1, 0.15) is 66.1 Å². The third-order valence-electron chi connectivity index (χ3n) is 7.84. The summed E-state index contributed by atoms with van der Waals surface area (Å²) in [5, 5.41) is 6.31. The number of piperidine rings is 1. The standard InChI is InChI=1S/C35H41N5O3/c1-5-20-40-21-18-27(19-22-40)26-14-16-28(17-15-26)37-35-36-23-29(33(41)38-32-24(3)10-9-11-25(32)4)34(39-35)43-31-13-8-7-12-30(31)42-6-2/h7-17,23,27H,5-6,18-22H2,1-4H3,(H,38,41)(H,36,37,39). The SMILES string of the molecule is CCCN1CCC(c2ccc(Nc3ncc(C(=O)Nc4c(C)cccc4C)c(Oc4ccccc4OCC)n3)cc2)CC1. The number of ether oxygens (including phenoxy) is 2. The Labute approximate surface area is 254 Å². The molecule has 0 unspecified atom stereocenters. The molecule has 1 amide bonds. The molecule has 0 aliphatic carbocycles. The highest BCUT2D eigenvalue weighted by Gasteiger charge is 2.22. The van der Waals surface area contributed by atoms with Crippen LogP contribution in [0, 0.1) is 13.8 Å². The van der Waals surface area contributed by atoms with Gasteiger partial charge < -0.3 is 25.0 Å². The van der Waals surface area contributed by atoms with Crippen molar-refractivity contribution in [3.8, 4) is 17.4 Å². The molecular formula is C35H41N5O3. The Kier molecular flexibility index (Phi) is 9.89. The van der Waals surface area contributed by atoms with Crippen LogP contribution < -0.4 is 20.1 Å². The molecule has 2 heterocycles. The average Bonchev–Trinajstić information content (AvgIpc) is 3.01. The van der Waals surface area contributed by atoms with Crippen LogP contribution in [0.25, 0.3) is 0 Å². The number of amides is 1. The second kappa shape index (κ2) is 14.2. The number of para-hydroxylation sites is 3. The molecule has 1 aliphatic rings. The van der Waals surface area contributed by atoms with E-state index in [1.807, 2.05) is 57.2 Å². The van der Waals surface area contributed by atoms with Crippen LogP contribution in [0.5, 0.6) is 17.4 Å². The highest BCUT2D eigenvalue weighted by Crippen LogP contribution is 2.34. The van der Waals surface area contributed by atoms with Gasteiger partial charge in [-0.2, -0.15) is 4.98 Å². The highest BCUT2D eigenvalue weighted by atomic mass is 16.5. The predicted octanol–water partition coefficient (Wildman–Crippen LogP) is 7.87. The first kappa shape index (κ1) is 30.0. The van der Waals surface area contributed by atoms with Crippen molar-refractivity contribution in [2.24, 2.45) is 0 Å². The van der Waals surface area contributed by atoms with Crippen molar-refractivity contribution in [1.29, 1.82) is 0 Å². The fourth-order valence-electron chi connectivity index (χ4n) is 5.54. The number of benzene rings is 3. The number of hydrogen-bond acceptors (Lipinski definition) is 7. The highest BCUT2D eigenvalue weighted by molar-refractivity contribution is 6.06. The van der Waals surface area contributed by atoms with E-state index in [-0.39, 0.29) is 17.4 Å². The van der Waals surface area contributed by atoms with Crippen LogP contribution in [0.4, 0.5) is 17.3 Å². The van der Waals surface area contributed by atoms with Gasteiger partial charge in [0.25, 0.3) is 5.91 Å². The predicted molar refractivity (Wildman–Crippen MR) is 172 cm³/mol. The van der Waals surface area contributed by atoms with E-state index in [4.69, 9.17) is 9.47 Å². The fourth-order valence-corrected chi connectivity index (χ4v) is 5.54. The zero-order chi connectivity index (χ0) is 30.2. The van der Waals surface area contributed by atoms with Gasteiger partial charge in [0.2, 0.25) is 11.8 Å². The largest absolute Gasteiger partial charge is 0.490 e. The number of likely N-dealkylation sites (tertiary alicyclic amines) is 1. The molecule has 1 fully saturated rings. The van der Waals surface area contributed by atoms with E-state index in [1.54, 1.807) is 6.07 Å². The summed E-state index contributed by atoms with van der Waals surface area (Å²) in [5.41, 5.74) is 5.12. The zero-order valence-electron chi connectivity index (χ0n) is 25.5. The minimum atomic E-state index is -0.359. The zero-order valence-corrected chi connectivity index (χ0v) is 25.5. The number of carbonyl (C=O) groups is 1. The Morgan fingerprint density at radius 3 is 2.30 bits per heavy atom. The summed E-state index contributed by atoms with van der Waals surface area (Å²) in [5.74, 6) is 1.71. The third-order valence-corrected chi connectivity index (χ3v) is 7.84. The first-order valence-corrected chi connectivity index (χ1v) is 15.2. The Morgan fingerprint density at radius 1 is 0.930 bits per heavy atom. The van der Waals surface area contributed by atoms with Gasteiger partial charge in [0.05, 0.1) is 6.61 Å². The number of carbonyl (C=O) groups excluding carboxylic acids is 1. The minimum absolute atomic E-state index is 0.129. The number of hydrogen-bond donors (Lipinski definition) is 2. The summed E-state index contributed by atoms with van der Waals surface area (Å²) >= 11 is 0. The van der Waals surface area contributed by atoms with E-state index >= 15 is 0 Å². The van der Waals surface area contributed by atoms with Gasteiger partial charge in [0.1, 0.15) is 5.56 Å². The van der Waals surface area contributed by atoms with Gasteiger partial charge in [-0.25, -0.2) is 4.98 Å². The number of aromatic nitrogens is 2. The number of aryl methyl sites for hydroxylation is 2. The molecule has 8 heteroatoms. The molecule has 1 aliphatic heterocycles. The van der Waals surface area contributed by atoms with Crippen LogP contribution in [-0.4, -0.2) is 47.0 Å². The molecule has 43 heavy (non-hydrogen) atoms. The van der Waals surface area contributed by atoms with Gasteiger partial charge in [0.15, 0.2) is 11.5 Å². The molecule has 4 aromatic rings. The lowest BCUT2D eigenvalue weighted by molar-refractivity contribution is 0.102. The normalized spacial score (nSPS) is 13.9. The summed E-state index contributed by atoms with van der Waals surface area (Å²) in [4.78, 5) is 25.2. The Hall–Kier alpha value is -4.43. The van der Waals surface area contributed by atoms with Crippen LogP contribution in [0.15, 0.2) is 72.9 Å². The first-order valence-electron chi connectivity index (χ1n) is 15.2. The van der Waals surface area contributed by atoms with Crippen LogP contribution in [-0.2, 0) is 0 Å². The third kappa shape index (κ3) is 7.51. The smallest absolute Gasteiger partial charge is 0.262 e. The van der Waals surface area contributed by atoms with E-state index in [2.05, 4.69) is 56.7 Å². The molecule has 1 aromatic heterocycles. The molecule has 0 atom stereocenters. The van der Waals surface area contributed by atoms with Crippen molar-refractivity contribution >= 4 is 23.2 Å². The summed E-state index contributed by atoms with van der Waals surface area (Å²) in [6.45, 7) is 12.1. The number of nitrogens with one attached hydrogen (secondary N) is 2. The fraction of sp³-hybridized carbons (Fsp3) is 0.343. The maximum atomic E-state index is 13.5. The molecular weight excluding hydrogens is 538 g/mol. The molecule has 0 bridgehead atoms. The summed E-state index contributed by atoms with van der Waals surface area (Å²) < 4.78 is 12.0. The quantitative estimate of drug-likeness (QED) is 0.187. The van der Waals surface area contributed by atoms with Crippen molar-refractivity contribution in [2.45, 2.75) is 52.9 Å². The molecule has 0 saturated carbocycles. The molecule has 0 radical (unpaired) electrons. The maximum Gasteiger partial charge on any atom is 0.262 e. The molecule has 3 aromatic carbocycles. The van der Waals surface area contributed by atoms with E-state index in [1.165, 1.54) is 37.6 Å². The lowest BCUT2D eigenvalue weighted by Crippen LogP contribution is -2.33. The maximum absolute atomic E-state index is 13.5. The lowest BCUT2D eigenvalue weighted by Gasteiger charge is -2.32. The van der Waals surface area contributed by atoms with E-state index in [0.717, 1.165) is 35.6 Å². The van der Waals surface area contributed by atoms with Crippen LogP contribution in [0.3, 0.4) is 0 Å². The Bertz CT molecular complexity index is 1510. The van der Waals surface area contributed by atoms with E-state index in [0.29, 0.717) is 30.0 Å². The van der Waals surface area contributed by atoms with Crippen LogP contribution in [0.2, 0.25) is 0 Å². The second-order valence-electron chi connectivity index (χ2n) is 11.0. The first-order chi connectivity index (χ1) is 20.9. The molecule has 2 N–H and O–H groups in total. The minimum Gasteiger partial charge on any atom is -0.490 e. The number of rotatable bonds is 11. The topological polar surface area (TPSA) is 88.6 Å². The number of nitrogens with zero attached hydrogens (tertiary/aromatic N) is 3. The van der Waals surface area contributed by atoms with Crippen molar-refractivity contribution in [3.63, 3.8) is 0 Å². The van der Waals surface area contributed by atoms with Gasteiger partial charge >= 0.3 is 0 Å². The summed E-state index contributed by atoms with van der Waals surface area (Å²) in [6, 6.07) is 21.7. The van der Waals surface area contributed by atoms with Gasteiger partial charge in [-0.15, -0.1) is 0 Å². The summed E-state index contributed by atoms with van der Waals surface area (Å²) in [7, 11) is 0. The van der Waals surface area contributed by atoms with E-state index in [9.17, 15) is 4.79 Å². The molecule has 1 saturated heterocycles. The summed E-state index contributed by atoms with van der Waals surface area (Å²) in [6.07, 6.45) is 5.07. The van der Waals surface area contributed by atoms with E-state index < -0.39 is 0 Å². The second-order valence-corrected chi connectivity index (χ2v) is 11.0.